The Balaban J connectivity index is 1.87. The van der Waals surface area contributed by atoms with Crippen LogP contribution in [0.15, 0.2) is 33.9 Å². The quantitative estimate of drug-likeness (QED) is 0.641. The minimum Gasteiger partial charge on any atom is -0.373 e. The SMILES string of the molecule is C[C@H]1CN(Cc2nc3c(c(=O)n(C)c(=O)n3C)n2Cc2ccccc2F)C[C@H](C)O1. The normalized spacial score (nSPS) is 20.2. The molecular weight excluding hydrogens is 389 g/mol. The second kappa shape index (κ2) is 7.81. The predicted octanol–water partition coefficient (Wildman–Crippen LogP) is 1.23. The van der Waals surface area contributed by atoms with Gasteiger partial charge in [0.25, 0.3) is 5.56 Å². The van der Waals surface area contributed by atoms with Crippen LogP contribution in [-0.2, 0) is 31.9 Å². The maximum atomic E-state index is 14.4. The first-order chi connectivity index (χ1) is 14.3. The molecule has 9 heteroatoms. The average molecular weight is 415 g/mol. The van der Waals surface area contributed by atoms with Gasteiger partial charge in [-0.25, -0.2) is 14.2 Å². The molecule has 0 saturated carbocycles. The van der Waals surface area contributed by atoms with Crippen molar-refractivity contribution in [2.75, 3.05) is 13.1 Å². The summed E-state index contributed by atoms with van der Waals surface area (Å²) in [7, 11) is 3.03. The van der Waals surface area contributed by atoms with Crippen molar-refractivity contribution in [3.63, 3.8) is 0 Å². The first kappa shape index (κ1) is 20.5. The van der Waals surface area contributed by atoms with Crippen molar-refractivity contribution in [3.8, 4) is 0 Å². The molecule has 0 radical (unpaired) electrons. The third kappa shape index (κ3) is 3.59. The largest absolute Gasteiger partial charge is 0.373 e. The number of morpholine rings is 1. The predicted molar refractivity (Wildman–Crippen MR) is 111 cm³/mol. The second-order valence-corrected chi connectivity index (χ2v) is 8.03. The highest BCUT2D eigenvalue weighted by atomic mass is 19.1. The first-order valence-electron chi connectivity index (χ1n) is 10.0. The van der Waals surface area contributed by atoms with Crippen molar-refractivity contribution in [1.29, 1.82) is 0 Å². The van der Waals surface area contributed by atoms with E-state index in [2.05, 4.69) is 9.88 Å². The molecule has 0 bridgehead atoms. The van der Waals surface area contributed by atoms with Crippen LogP contribution >= 0.6 is 0 Å². The van der Waals surface area contributed by atoms with Gasteiger partial charge in [-0.3, -0.25) is 18.8 Å². The van der Waals surface area contributed by atoms with Crippen LogP contribution in [0.5, 0.6) is 0 Å². The number of halogens is 1. The Hall–Kier alpha value is -2.78. The van der Waals surface area contributed by atoms with E-state index in [0.29, 0.717) is 29.1 Å². The molecule has 2 atom stereocenters. The Morgan fingerprint density at radius 1 is 1.07 bits per heavy atom. The molecule has 0 spiro atoms. The van der Waals surface area contributed by atoms with Gasteiger partial charge in [-0.15, -0.1) is 0 Å². The van der Waals surface area contributed by atoms with Crippen LogP contribution in [0.4, 0.5) is 4.39 Å². The highest BCUT2D eigenvalue weighted by Gasteiger charge is 2.26. The third-order valence-electron chi connectivity index (χ3n) is 5.57. The topological polar surface area (TPSA) is 74.3 Å². The minimum atomic E-state index is -0.441. The van der Waals surface area contributed by atoms with E-state index in [1.165, 1.54) is 17.7 Å². The second-order valence-electron chi connectivity index (χ2n) is 8.03. The Morgan fingerprint density at radius 2 is 1.73 bits per heavy atom. The molecule has 30 heavy (non-hydrogen) atoms. The Kier molecular flexibility index (Phi) is 5.33. The molecule has 8 nitrogen and oxygen atoms in total. The highest BCUT2D eigenvalue weighted by Crippen LogP contribution is 2.19. The van der Waals surface area contributed by atoms with E-state index in [-0.39, 0.29) is 24.6 Å². The molecule has 4 rings (SSSR count). The number of fused-ring (bicyclic) bond motifs is 1. The lowest BCUT2D eigenvalue weighted by atomic mass is 10.2. The van der Waals surface area contributed by atoms with E-state index in [9.17, 15) is 14.0 Å². The van der Waals surface area contributed by atoms with E-state index in [1.54, 1.807) is 29.8 Å². The number of imidazole rings is 1. The molecule has 0 aliphatic carbocycles. The summed E-state index contributed by atoms with van der Waals surface area (Å²) in [4.78, 5) is 32.2. The van der Waals surface area contributed by atoms with Gasteiger partial charge in [0.1, 0.15) is 11.6 Å². The monoisotopic (exact) mass is 415 g/mol. The summed E-state index contributed by atoms with van der Waals surface area (Å²) < 4.78 is 24.4. The Labute approximate surface area is 173 Å². The molecule has 3 aromatic rings. The molecule has 1 aliphatic heterocycles. The van der Waals surface area contributed by atoms with Gasteiger partial charge >= 0.3 is 5.69 Å². The Bertz CT molecular complexity index is 1200. The van der Waals surface area contributed by atoms with Crippen molar-refractivity contribution in [2.45, 2.75) is 39.1 Å². The van der Waals surface area contributed by atoms with E-state index >= 15 is 0 Å². The summed E-state index contributed by atoms with van der Waals surface area (Å²) in [6.45, 7) is 6.11. The standard InChI is InChI=1S/C21H26FN5O3/c1-13-9-26(10-14(2)30-13)12-17-23-19-18(20(28)25(4)21(29)24(19)3)27(17)11-15-7-5-6-8-16(15)22/h5-8,13-14H,9-12H2,1-4H3/t13-,14-/m0/s1. The van der Waals surface area contributed by atoms with Gasteiger partial charge in [-0.2, -0.15) is 0 Å². The number of hydrogen-bond acceptors (Lipinski definition) is 5. The Morgan fingerprint density at radius 3 is 2.40 bits per heavy atom. The van der Waals surface area contributed by atoms with Gasteiger partial charge in [-0.1, -0.05) is 18.2 Å². The lowest BCUT2D eigenvalue weighted by Crippen LogP contribution is -2.45. The summed E-state index contributed by atoms with van der Waals surface area (Å²) in [5.41, 5.74) is 0.184. The lowest BCUT2D eigenvalue weighted by molar-refractivity contribution is -0.0712. The smallest absolute Gasteiger partial charge is 0.332 e. The van der Waals surface area contributed by atoms with Gasteiger partial charge in [0.05, 0.1) is 25.3 Å². The van der Waals surface area contributed by atoms with Crippen LogP contribution in [0.1, 0.15) is 25.2 Å². The summed E-state index contributed by atoms with van der Waals surface area (Å²) in [5.74, 6) is 0.272. The molecule has 0 N–H and O–H groups in total. The van der Waals surface area contributed by atoms with Crippen molar-refractivity contribution < 1.29 is 9.13 Å². The van der Waals surface area contributed by atoms with Gasteiger partial charge in [0, 0.05) is 32.7 Å². The zero-order chi connectivity index (χ0) is 21.6. The molecule has 3 heterocycles. The third-order valence-corrected chi connectivity index (χ3v) is 5.57. The zero-order valence-electron chi connectivity index (χ0n) is 17.6. The van der Waals surface area contributed by atoms with E-state index in [4.69, 9.17) is 4.74 Å². The molecular formula is C21H26FN5O3. The molecule has 1 aromatic carbocycles. The maximum absolute atomic E-state index is 14.4. The minimum absolute atomic E-state index is 0.0790. The molecule has 1 aliphatic rings. The number of aromatic nitrogens is 4. The molecule has 0 unspecified atom stereocenters. The van der Waals surface area contributed by atoms with Crippen LogP contribution in [0, 0.1) is 5.82 Å². The first-order valence-corrected chi connectivity index (χ1v) is 10.0. The number of benzene rings is 1. The summed E-state index contributed by atoms with van der Waals surface area (Å²) in [5, 5.41) is 0. The van der Waals surface area contributed by atoms with Crippen molar-refractivity contribution in [3.05, 3.63) is 62.3 Å². The number of hydrogen-bond donors (Lipinski definition) is 0. The van der Waals surface area contributed by atoms with Gasteiger partial charge in [0.2, 0.25) is 0 Å². The van der Waals surface area contributed by atoms with Crippen LogP contribution in [-0.4, -0.2) is 48.9 Å². The van der Waals surface area contributed by atoms with Crippen LogP contribution in [0.3, 0.4) is 0 Å². The van der Waals surface area contributed by atoms with Gasteiger partial charge in [0.15, 0.2) is 11.2 Å². The summed E-state index contributed by atoms with van der Waals surface area (Å²) in [6, 6.07) is 6.48. The van der Waals surface area contributed by atoms with Crippen LogP contribution < -0.4 is 11.2 Å². The van der Waals surface area contributed by atoms with Crippen LogP contribution in [0.25, 0.3) is 11.2 Å². The van der Waals surface area contributed by atoms with Crippen molar-refractivity contribution >= 4 is 11.2 Å². The highest BCUT2D eigenvalue weighted by molar-refractivity contribution is 5.71. The van der Waals surface area contributed by atoms with E-state index < -0.39 is 11.2 Å². The molecule has 0 amide bonds. The zero-order valence-corrected chi connectivity index (χ0v) is 17.6. The molecule has 2 aromatic heterocycles. The van der Waals surface area contributed by atoms with Gasteiger partial charge < -0.3 is 9.30 Å². The number of ether oxygens (including phenoxy) is 1. The maximum Gasteiger partial charge on any atom is 0.332 e. The average Bonchev–Trinajstić information content (AvgIpc) is 3.04. The summed E-state index contributed by atoms with van der Waals surface area (Å²) in [6.07, 6.45) is 0.158. The van der Waals surface area contributed by atoms with E-state index in [0.717, 1.165) is 17.7 Å². The summed E-state index contributed by atoms with van der Waals surface area (Å²) >= 11 is 0. The van der Waals surface area contributed by atoms with E-state index in [1.807, 2.05) is 13.8 Å². The number of aryl methyl sites for hydroxylation is 1. The van der Waals surface area contributed by atoms with Crippen molar-refractivity contribution in [1.82, 2.24) is 23.6 Å². The number of nitrogens with zero attached hydrogens (tertiary/aromatic N) is 5. The lowest BCUT2D eigenvalue weighted by Gasteiger charge is -2.35. The molecule has 160 valence electrons. The fraction of sp³-hybridized carbons (Fsp3) is 0.476. The fourth-order valence-corrected chi connectivity index (χ4v) is 4.19. The number of rotatable bonds is 4. The van der Waals surface area contributed by atoms with Crippen molar-refractivity contribution in [2.24, 2.45) is 14.1 Å². The van der Waals surface area contributed by atoms with Gasteiger partial charge in [-0.05, 0) is 19.9 Å². The van der Waals surface area contributed by atoms with Crippen LogP contribution in [0.2, 0.25) is 0 Å². The fourth-order valence-electron chi connectivity index (χ4n) is 4.19. The molecule has 1 saturated heterocycles. The molecule has 1 fully saturated rings.